The Hall–Kier alpha value is -0.741. The van der Waals surface area contributed by atoms with Crippen LogP contribution in [0.1, 0.15) is 33.3 Å². The first-order chi connectivity index (χ1) is 8.23. The molecule has 18 heavy (non-hydrogen) atoms. The van der Waals surface area contributed by atoms with Crippen molar-refractivity contribution in [2.45, 2.75) is 46.3 Å². The summed E-state index contributed by atoms with van der Waals surface area (Å²) in [6.45, 7) is 8.81. The van der Waals surface area contributed by atoms with Gasteiger partial charge in [-0.25, -0.2) is 0 Å². The van der Waals surface area contributed by atoms with E-state index in [2.05, 4.69) is 32.6 Å². The van der Waals surface area contributed by atoms with Gasteiger partial charge in [0.1, 0.15) is 0 Å². The predicted octanol–water partition coefficient (Wildman–Crippen LogP) is 1.30. The van der Waals surface area contributed by atoms with Gasteiger partial charge in [-0.2, -0.15) is 0 Å². The van der Waals surface area contributed by atoms with Crippen LogP contribution in [0.3, 0.4) is 0 Å². The zero-order chi connectivity index (χ0) is 13.9. The number of nitrogens with zero attached hydrogens (tertiary/aromatic N) is 1. The van der Waals surface area contributed by atoms with E-state index < -0.39 is 13.0 Å². The summed E-state index contributed by atoms with van der Waals surface area (Å²) < 4.78 is 32.1. The molecule has 1 aromatic carbocycles. The molecule has 0 fully saturated rings. The van der Waals surface area contributed by atoms with Crippen molar-refractivity contribution in [2.75, 3.05) is 0 Å². The van der Waals surface area contributed by atoms with E-state index in [4.69, 9.17) is 0 Å². The fourth-order valence-electron chi connectivity index (χ4n) is 2.04. The molecule has 0 radical (unpaired) electrons. The molecule has 0 aliphatic heterocycles. The maximum absolute atomic E-state index is 11.4. The van der Waals surface area contributed by atoms with E-state index >= 15 is 0 Å². The summed E-state index contributed by atoms with van der Waals surface area (Å²) in [5, 5.41) is 0. The molecule has 0 amide bonds. The molecule has 102 valence electrons. The molecule has 0 aliphatic rings. The zero-order valence-corrected chi connectivity index (χ0v) is 13.0. The number of hydrogen-bond acceptors (Lipinski definition) is 3. The Balaban J connectivity index is 3.11. The molecule has 5 heteroatoms. The predicted molar refractivity (Wildman–Crippen MR) is 71.2 cm³/mol. The van der Waals surface area contributed by atoms with Crippen LogP contribution in [0, 0.1) is 0 Å². The fourth-order valence-corrected chi connectivity index (χ4v) is 3.54. The number of hydrogen-bond donors (Lipinski definition) is 1. The third-order valence-electron chi connectivity index (χ3n) is 2.93. The summed E-state index contributed by atoms with van der Waals surface area (Å²) in [5.41, 5.74) is 0.660. The van der Waals surface area contributed by atoms with E-state index in [1.165, 1.54) is 6.07 Å². The van der Waals surface area contributed by atoms with Crippen molar-refractivity contribution in [1.29, 1.82) is 0 Å². The fraction of sp³-hybridized carbons (Fsp3) is 0.538. The van der Waals surface area contributed by atoms with Crippen molar-refractivity contribution in [1.82, 2.24) is 4.90 Å². The molecule has 1 aromatic rings. The molecule has 0 unspecified atom stereocenters. The van der Waals surface area contributed by atoms with Crippen LogP contribution in [-0.2, 0) is 14.2 Å². The molecule has 0 saturated carbocycles. The summed E-state index contributed by atoms with van der Waals surface area (Å²) in [6.07, 6.45) is 0. The zero-order valence-electron chi connectivity index (χ0n) is 11.3. The van der Waals surface area contributed by atoms with Gasteiger partial charge in [-0.05, 0) is 0 Å². The summed E-state index contributed by atoms with van der Waals surface area (Å²) in [6, 6.07) is 7.27. The van der Waals surface area contributed by atoms with Gasteiger partial charge in [-0.3, -0.25) is 0 Å². The van der Waals surface area contributed by atoms with Crippen LogP contribution < -0.4 is 4.46 Å². The third-order valence-corrected chi connectivity index (χ3v) is 4.93. The topological polar surface area (TPSA) is 57.6 Å². The number of rotatable bonds is 5. The van der Waals surface area contributed by atoms with Crippen LogP contribution in [0.4, 0.5) is 0 Å². The summed E-state index contributed by atoms with van der Waals surface area (Å²) in [5.74, 6) is 0. The molecule has 0 bridgehead atoms. The van der Waals surface area contributed by atoms with Gasteiger partial charge in [0.25, 0.3) is 0 Å². The van der Waals surface area contributed by atoms with Gasteiger partial charge < -0.3 is 0 Å². The molecule has 0 heterocycles. The molecule has 4 nitrogen and oxygen atoms in total. The van der Waals surface area contributed by atoms with Gasteiger partial charge >= 0.3 is 110 Å². The minimum atomic E-state index is -4.92. The van der Waals surface area contributed by atoms with Gasteiger partial charge in [0.2, 0.25) is 0 Å². The van der Waals surface area contributed by atoms with Gasteiger partial charge in [0.15, 0.2) is 0 Å². The van der Waals surface area contributed by atoms with Crippen LogP contribution in [-0.4, -0.2) is 34.2 Å². The van der Waals surface area contributed by atoms with Gasteiger partial charge in [-0.15, -0.1) is 0 Å². The summed E-state index contributed by atoms with van der Waals surface area (Å²) in [4.78, 5) is 2.18. The van der Waals surface area contributed by atoms with Crippen LogP contribution in [0.25, 0.3) is 0 Å². The van der Waals surface area contributed by atoms with Crippen molar-refractivity contribution in [3.63, 3.8) is 0 Å². The van der Waals surface area contributed by atoms with Crippen molar-refractivity contribution in [3.05, 3.63) is 29.8 Å². The van der Waals surface area contributed by atoms with Crippen molar-refractivity contribution < 1.29 is 11.9 Å². The third kappa shape index (κ3) is 3.89. The molecule has 0 saturated heterocycles. The Morgan fingerprint density at radius 2 is 1.61 bits per heavy atom. The molecule has 0 spiro atoms. The number of benzene rings is 1. The van der Waals surface area contributed by atoms with Crippen LogP contribution in [0.5, 0.6) is 0 Å². The average Bonchev–Trinajstić information content (AvgIpc) is 2.24. The van der Waals surface area contributed by atoms with Crippen LogP contribution in [0.15, 0.2) is 24.3 Å². The van der Waals surface area contributed by atoms with Crippen LogP contribution in [0.2, 0.25) is 0 Å². The molecular formula is C13H21NO3Se. The van der Waals surface area contributed by atoms with Crippen molar-refractivity contribution >= 4 is 17.5 Å². The van der Waals surface area contributed by atoms with Gasteiger partial charge in [0, 0.05) is 0 Å². The standard InChI is InChI=1S/C13H21NO3Se/c1-10(2)14(11(3)4)9-12-7-5-6-8-13(12)18(15,16)17/h5-8,10-11H,9H2,1-4H3,(H,15,16,17). The molecular weight excluding hydrogens is 297 g/mol. The molecule has 1 rings (SSSR count). The first-order valence-electron chi connectivity index (χ1n) is 6.04. The molecule has 1 N–H and O–H groups in total. The summed E-state index contributed by atoms with van der Waals surface area (Å²) in [7, 11) is 0. The maximum atomic E-state index is 11.4. The second-order valence-electron chi connectivity index (χ2n) is 4.94. The van der Waals surface area contributed by atoms with E-state index in [1.54, 1.807) is 18.2 Å². The Morgan fingerprint density at radius 3 is 2.06 bits per heavy atom. The molecule has 0 aromatic heterocycles. The second kappa shape index (κ2) is 5.93. The Bertz CT molecular complexity index is 487. The Kier molecular flexibility index (Phi) is 5.05. The normalized spacial score (nSPS) is 12.7. The quantitative estimate of drug-likeness (QED) is 0.832. The Morgan fingerprint density at radius 1 is 1.11 bits per heavy atom. The van der Waals surface area contributed by atoms with E-state index in [0.717, 1.165) is 0 Å². The second-order valence-corrected chi connectivity index (χ2v) is 7.86. The SMILES string of the molecule is CC(C)N(Cc1ccccc1[Se](=O)(=O)O)C(C)C. The molecule has 0 aliphatic carbocycles. The first-order valence-corrected chi connectivity index (χ1v) is 9.06. The minimum absolute atomic E-state index is 0.0695. The van der Waals surface area contributed by atoms with Gasteiger partial charge in [0.05, 0.1) is 0 Å². The van der Waals surface area contributed by atoms with Crippen LogP contribution >= 0.6 is 0 Å². The van der Waals surface area contributed by atoms with E-state index in [1.807, 2.05) is 0 Å². The van der Waals surface area contributed by atoms with E-state index in [0.29, 0.717) is 24.2 Å². The van der Waals surface area contributed by atoms with E-state index in [9.17, 15) is 11.9 Å². The Labute approximate surface area is 111 Å². The van der Waals surface area contributed by atoms with E-state index in [-0.39, 0.29) is 4.46 Å². The molecule has 0 atom stereocenters. The van der Waals surface area contributed by atoms with Gasteiger partial charge in [-0.1, -0.05) is 0 Å². The first kappa shape index (κ1) is 15.3. The summed E-state index contributed by atoms with van der Waals surface area (Å²) >= 11 is -4.92. The van der Waals surface area contributed by atoms with Crippen molar-refractivity contribution in [3.8, 4) is 0 Å². The van der Waals surface area contributed by atoms with Crippen molar-refractivity contribution in [2.24, 2.45) is 0 Å². The average molecular weight is 318 g/mol. The monoisotopic (exact) mass is 319 g/mol.